The van der Waals surface area contributed by atoms with Crippen LogP contribution in [0.4, 0.5) is 0 Å². The van der Waals surface area contributed by atoms with Gasteiger partial charge in [-0.2, -0.15) is 0 Å². The topological polar surface area (TPSA) is 60.2 Å². The number of nitrogens with zero attached hydrogens (tertiary/aromatic N) is 2. The molecule has 0 spiro atoms. The summed E-state index contributed by atoms with van der Waals surface area (Å²) in [6, 6.07) is 5.96. The van der Waals surface area contributed by atoms with Crippen molar-refractivity contribution in [2.75, 3.05) is 6.54 Å². The van der Waals surface area contributed by atoms with Gasteiger partial charge in [0.05, 0.1) is 4.47 Å². The molecule has 1 aromatic carbocycles. The molecule has 0 aliphatic rings. The molecule has 0 atom stereocenters. The zero-order valence-corrected chi connectivity index (χ0v) is 12.5. The van der Waals surface area contributed by atoms with E-state index >= 15 is 0 Å². The van der Waals surface area contributed by atoms with Crippen LogP contribution in [0.25, 0.3) is 0 Å². The van der Waals surface area contributed by atoms with Crippen LogP contribution < -0.4 is 10.1 Å². The van der Waals surface area contributed by atoms with Crippen molar-refractivity contribution in [2.45, 2.75) is 27.0 Å². The lowest BCUT2D eigenvalue weighted by Crippen LogP contribution is -2.13. The van der Waals surface area contributed by atoms with Crippen LogP contribution in [0.15, 0.2) is 27.1 Å². The van der Waals surface area contributed by atoms with Gasteiger partial charge in [-0.05, 0) is 28.5 Å². The lowest BCUT2D eigenvalue weighted by Gasteiger charge is -2.12. The van der Waals surface area contributed by atoms with Gasteiger partial charge in [0, 0.05) is 19.0 Å². The van der Waals surface area contributed by atoms with Gasteiger partial charge in [0.25, 0.3) is 5.89 Å². The summed E-state index contributed by atoms with van der Waals surface area (Å²) in [5.74, 6) is 1.82. The number of benzene rings is 1. The fraction of sp³-hybridized carbons (Fsp3) is 0.385. The molecule has 0 aliphatic heterocycles. The second-order valence-corrected chi connectivity index (χ2v) is 4.87. The largest absolute Gasteiger partial charge is 0.482 e. The molecule has 5 nitrogen and oxygen atoms in total. The molecule has 0 saturated carbocycles. The minimum Gasteiger partial charge on any atom is -0.482 e. The van der Waals surface area contributed by atoms with Crippen molar-refractivity contribution in [3.63, 3.8) is 0 Å². The van der Waals surface area contributed by atoms with Gasteiger partial charge in [-0.25, -0.2) is 0 Å². The first kappa shape index (κ1) is 14.0. The van der Waals surface area contributed by atoms with Crippen molar-refractivity contribution in [1.82, 2.24) is 15.5 Å². The first-order valence-corrected chi connectivity index (χ1v) is 6.90. The van der Waals surface area contributed by atoms with Crippen molar-refractivity contribution < 1.29 is 9.15 Å². The Bertz CT molecular complexity index is 542. The molecule has 0 saturated heterocycles. The lowest BCUT2D eigenvalue weighted by molar-refractivity contribution is 0.256. The third-order valence-corrected chi connectivity index (χ3v) is 3.15. The predicted octanol–water partition coefficient (Wildman–Crippen LogP) is 2.83. The van der Waals surface area contributed by atoms with Crippen LogP contribution in [0.2, 0.25) is 0 Å². The zero-order valence-electron chi connectivity index (χ0n) is 10.9. The normalized spacial score (nSPS) is 10.7. The molecule has 1 heterocycles. The molecule has 0 bridgehead atoms. The van der Waals surface area contributed by atoms with E-state index in [1.807, 2.05) is 18.2 Å². The Morgan fingerprint density at radius 3 is 2.89 bits per heavy atom. The van der Waals surface area contributed by atoms with Gasteiger partial charge in [-0.3, -0.25) is 0 Å². The highest BCUT2D eigenvalue weighted by molar-refractivity contribution is 9.10. The molecule has 102 valence electrons. The summed E-state index contributed by atoms with van der Waals surface area (Å²) >= 11 is 3.50. The minimum absolute atomic E-state index is 0.266. The van der Waals surface area contributed by atoms with E-state index in [4.69, 9.17) is 9.15 Å². The molecule has 0 fully saturated rings. The smallest absolute Gasteiger partial charge is 0.253 e. The van der Waals surface area contributed by atoms with Gasteiger partial charge in [0.2, 0.25) is 5.89 Å². The summed E-state index contributed by atoms with van der Waals surface area (Å²) in [4.78, 5) is 0. The van der Waals surface area contributed by atoms with E-state index in [-0.39, 0.29) is 6.61 Å². The Hall–Kier alpha value is -1.40. The van der Waals surface area contributed by atoms with Gasteiger partial charge in [-0.15, -0.1) is 10.2 Å². The highest BCUT2D eigenvalue weighted by Crippen LogP contribution is 2.29. The third-order valence-electron chi connectivity index (χ3n) is 2.52. The summed E-state index contributed by atoms with van der Waals surface area (Å²) in [5.41, 5.74) is 1.09. The first-order valence-electron chi connectivity index (χ1n) is 6.10. The molecule has 0 radical (unpaired) electrons. The number of hydrogen-bond acceptors (Lipinski definition) is 5. The Morgan fingerprint density at radius 1 is 1.37 bits per heavy atom. The molecule has 1 aromatic heterocycles. The Labute approximate surface area is 120 Å². The van der Waals surface area contributed by atoms with Crippen molar-refractivity contribution >= 4 is 15.9 Å². The van der Waals surface area contributed by atoms with Crippen molar-refractivity contribution in [3.05, 3.63) is 40.0 Å². The van der Waals surface area contributed by atoms with Gasteiger partial charge in [0.1, 0.15) is 5.75 Å². The first-order chi connectivity index (χ1) is 9.20. The average molecular weight is 326 g/mol. The van der Waals surface area contributed by atoms with E-state index < -0.39 is 0 Å². The number of rotatable bonds is 6. The number of ether oxygens (including phenoxy) is 1. The quantitative estimate of drug-likeness (QED) is 0.884. The summed E-state index contributed by atoms with van der Waals surface area (Å²) in [7, 11) is 0. The van der Waals surface area contributed by atoms with Crippen LogP contribution >= 0.6 is 15.9 Å². The van der Waals surface area contributed by atoms with E-state index in [1.165, 1.54) is 0 Å². The third kappa shape index (κ3) is 3.78. The van der Waals surface area contributed by atoms with Gasteiger partial charge >= 0.3 is 0 Å². The molecule has 2 rings (SSSR count). The molecule has 0 aliphatic carbocycles. The highest BCUT2D eigenvalue weighted by atomic mass is 79.9. The molecule has 6 heteroatoms. The van der Waals surface area contributed by atoms with Crippen LogP contribution in [0.5, 0.6) is 5.75 Å². The number of nitrogens with one attached hydrogen (secondary N) is 1. The second-order valence-electron chi connectivity index (χ2n) is 4.01. The molecule has 0 unspecified atom stereocenters. The standard InChI is InChI=1S/C13H16BrN3O2/c1-3-15-7-10-5-4-6-11(14)13(10)18-8-12-17-16-9(2)19-12/h4-6,15H,3,7-8H2,1-2H3. The lowest BCUT2D eigenvalue weighted by atomic mass is 10.2. The van der Waals surface area contributed by atoms with Crippen LogP contribution in [-0.2, 0) is 13.2 Å². The number of para-hydroxylation sites is 1. The maximum absolute atomic E-state index is 5.78. The van der Waals surface area contributed by atoms with Gasteiger partial charge < -0.3 is 14.5 Å². The molecular formula is C13H16BrN3O2. The number of aryl methyl sites for hydroxylation is 1. The summed E-state index contributed by atoms with van der Waals surface area (Å²) in [6.45, 7) is 5.76. The summed E-state index contributed by atoms with van der Waals surface area (Å²) in [5, 5.41) is 11.0. The minimum atomic E-state index is 0.266. The van der Waals surface area contributed by atoms with E-state index in [9.17, 15) is 0 Å². The second kappa shape index (κ2) is 6.68. The Morgan fingerprint density at radius 2 is 2.21 bits per heavy atom. The molecule has 2 aromatic rings. The molecule has 0 amide bonds. The van der Waals surface area contributed by atoms with Crippen molar-refractivity contribution in [1.29, 1.82) is 0 Å². The number of hydrogen-bond donors (Lipinski definition) is 1. The van der Waals surface area contributed by atoms with Gasteiger partial charge in [-0.1, -0.05) is 19.1 Å². The fourth-order valence-corrected chi connectivity index (χ4v) is 2.17. The monoisotopic (exact) mass is 325 g/mol. The SMILES string of the molecule is CCNCc1cccc(Br)c1OCc1nnc(C)o1. The van der Waals surface area contributed by atoms with E-state index in [2.05, 4.69) is 38.4 Å². The maximum Gasteiger partial charge on any atom is 0.253 e. The highest BCUT2D eigenvalue weighted by Gasteiger charge is 2.10. The summed E-state index contributed by atoms with van der Waals surface area (Å²) in [6.07, 6.45) is 0. The van der Waals surface area contributed by atoms with Crippen LogP contribution in [0.3, 0.4) is 0 Å². The van der Waals surface area contributed by atoms with Crippen molar-refractivity contribution in [2.24, 2.45) is 0 Å². The predicted molar refractivity (Wildman–Crippen MR) is 74.9 cm³/mol. The Balaban J connectivity index is 2.09. The van der Waals surface area contributed by atoms with Crippen LogP contribution in [0, 0.1) is 6.92 Å². The molecular weight excluding hydrogens is 310 g/mol. The molecule has 1 N–H and O–H groups in total. The number of halogens is 1. The fourth-order valence-electron chi connectivity index (χ4n) is 1.64. The summed E-state index contributed by atoms with van der Waals surface area (Å²) < 4.78 is 12.0. The van der Waals surface area contributed by atoms with Gasteiger partial charge in [0.15, 0.2) is 6.61 Å². The van der Waals surface area contributed by atoms with E-state index in [0.29, 0.717) is 11.8 Å². The van der Waals surface area contributed by atoms with E-state index in [0.717, 1.165) is 28.9 Å². The van der Waals surface area contributed by atoms with Crippen LogP contribution in [0.1, 0.15) is 24.3 Å². The van der Waals surface area contributed by atoms with E-state index in [1.54, 1.807) is 6.92 Å². The maximum atomic E-state index is 5.78. The molecule has 19 heavy (non-hydrogen) atoms. The van der Waals surface area contributed by atoms with Crippen LogP contribution in [-0.4, -0.2) is 16.7 Å². The Kier molecular flexibility index (Phi) is 4.93. The average Bonchev–Trinajstić information content (AvgIpc) is 2.81. The number of aromatic nitrogens is 2. The van der Waals surface area contributed by atoms with Crippen molar-refractivity contribution in [3.8, 4) is 5.75 Å². The zero-order chi connectivity index (χ0) is 13.7.